The van der Waals surface area contributed by atoms with Crippen molar-refractivity contribution in [1.82, 2.24) is 0 Å². The number of ketones is 1. The normalized spacial score (nSPS) is 16.5. The standard InChI is InChI=1S/C27H22O7/c1-14-6-3-4-8-17(14)27(33)34-24-9-5-7-16(11-21(24)28)19-12-20(19)25(31)18-13-23(30)26(32)22(29)10-15(18)2/h3-11,13,19-20H,12H2,1-2H3,(H2,29,30,32). The third-order valence-corrected chi connectivity index (χ3v) is 5.99. The smallest absolute Gasteiger partial charge is 0.343 e. The fourth-order valence-corrected chi connectivity index (χ4v) is 3.99. The van der Waals surface area contributed by atoms with Crippen LogP contribution in [0.25, 0.3) is 0 Å². The summed E-state index contributed by atoms with van der Waals surface area (Å²) in [5.41, 5.74) is 0.777. The van der Waals surface area contributed by atoms with Gasteiger partial charge in [-0.3, -0.25) is 14.4 Å². The lowest BCUT2D eigenvalue weighted by molar-refractivity contribution is 0.0732. The third-order valence-electron chi connectivity index (χ3n) is 5.99. The molecule has 2 unspecified atom stereocenters. The minimum Gasteiger partial charge on any atom is -0.504 e. The van der Waals surface area contributed by atoms with Gasteiger partial charge in [-0.2, -0.15) is 0 Å². The molecule has 7 heteroatoms. The van der Waals surface area contributed by atoms with Crippen LogP contribution >= 0.6 is 0 Å². The van der Waals surface area contributed by atoms with Crippen LogP contribution in [0.15, 0.2) is 70.3 Å². The molecule has 0 spiro atoms. The van der Waals surface area contributed by atoms with Crippen molar-refractivity contribution < 1.29 is 24.5 Å². The number of ether oxygens (including phenoxy) is 1. The monoisotopic (exact) mass is 458 g/mol. The van der Waals surface area contributed by atoms with E-state index in [2.05, 4.69) is 0 Å². The molecule has 34 heavy (non-hydrogen) atoms. The molecule has 2 N–H and O–H groups in total. The van der Waals surface area contributed by atoms with E-state index in [9.17, 15) is 29.4 Å². The average Bonchev–Trinajstić information content (AvgIpc) is 3.62. The second kappa shape index (κ2) is 8.94. The summed E-state index contributed by atoms with van der Waals surface area (Å²) in [6, 6.07) is 15.2. The molecule has 2 atom stereocenters. The maximum absolute atomic E-state index is 13.0. The molecule has 1 aliphatic rings. The Kier molecular flexibility index (Phi) is 6.03. The van der Waals surface area contributed by atoms with Gasteiger partial charge in [-0.25, -0.2) is 4.79 Å². The van der Waals surface area contributed by atoms with Crippen molar-refractivity contribution in [2.75, 3.05) is 0 Å². The Morgan fingerprint density at radius 1 is 0.853 bits per heavy atom. The maximum atomic E-state index is 13.0. The number of hydrogen-bond donors (Lipinski definition) is 2. The van der Waals surface area contributed by atoms with Crippen molar-refractivity contribution in [3.8, 4) is 17.2 Å². The Morgan fingerprint density at radius 3 is 2.29 bits per heavy atom. The van der Waals surface area contributed by atoms with Gasteiger partial charge in [0.1, 0.15) is 0 Å². The van der Waals surface area contributed by atoms with Crippen LogP contribution in [0.1, 0.15) is 49.7 Å². The summed E-state index contributed by atoms with van der Waals surface area (Å²) in [7, 11) is 0. The van der Waals surface area contributed by atoms with Gasteiger partial charge in [-0.05, 0) is 73.2 Å². The molecule has 0 saturated heterocycles. The minimum absolute atomic E-state index is 0.114. The molecular formula is C27H22O7. The van der Waals surface area contributed by atoms with Gasteiger partial charge in [0.2, 0.25) is 5.43 Å². The lowest BCUT2D eigenvalue weighted by Gasteiger charge is -2.04. The van der Waals surface area contributed by atoms with Crippen molar-refractivity contribution in [2.24, 2.45) is 5.92 Å². The molecule has 1 saturated carbocycles. The van der Waals surface area contributed by atoms with Gasteiger partial charge >= 0.3 is 5.97 Å². The van der Waals surface area contributed by atoms with Gasteiger partial charge in [0, 0.05) is 11.5 Å². The SMILES string of the molecule is Cc1ccccc1C(=O)Oc1cccc(C2CC2C(=O)c2cc(O)c(=O)c(O)cc2C)cc1=O. The number of aryl methyl sites for hydroxylation is 2. The Morgan fingerprint density at radius 2 is 1.56 bits per heavy atom. The summed E-state index contributed by atoms with van der Waals surface area (Å²) in [6.45, 7) is 3.34. The summed E-state index contributed by atoms with van der Waals surface area (Å²) in [4.78, 5) is 50.0. The summed E-state index contributed by atoms with van der Waals surface area (Å²) in [5, 5.41) is 19.6. The van der Waals surface area contributed by atoms with Gasteiger partial charge in [0.15, 0.2) is 23.0 Å². The van der Waals surface area contributed by atoms with Gasteiger partial charge in [-0.1, -0.05) is 30.3 Å². The Hall–Kier alpha value is -4.26. The number of carbonyl (C=O) groups is 2. The molecule has 0 amide bonds. The Bertz CT molecular complexity index is 1440. The fourth-order valence-electron chi connectivity index (χ4n) is 3.99. The Balaban J connectivity index is 1.57. The van der Waals surface area contributed by atoms with Crippen LogP contribution in [0.4, 0.5) is 0 Å². The number of carbonyl (C=O) groups excluding carboxylic acids is 2. The van der Waals surface area contributed by atoms with E-state index in [4.69, 9.17) is 4.74 Å². The van der Waals surface area contributed by atoms with Crippen LogP contribution in [0, 0.1) is 19.8 Å². The largest absolute Gasteiger partial charge is 0.504 e. The minimum atomic E-state index is -0.951. The number of hydrogen-bond acceptors (Lipinski definition) is 7. The second-order valence-corrected chi connectivity index (χ2v) is 8.40. The predicted molar refractivity (Wildman–Crippen MR) is 125 cm³/mol. The second-order valence-electron chi connectivity index (χ2n) is 8.40. The predicted octanol–water partition coefficient (Wildman–Crippen LogP) is 3.64. The van der Waals surface area contributed by atoms with Crippen LogP contribution in [-0.4, -0.2) is 22.0 Å². The summed E-state index contributed by atoms with van der Waals surface area (Å²) in [6.07, 6.45) is 0.482. The van der Waals surface area contributed by atoms with Crippen LogP contribution in [0.3, 0.4) is 0 Å². The van der Waals surface area contributed by atoms with Crippen molar-refractivity contribution >= 4 is 11.8 Å². The highest BCUT2D eigenvalue weighted by Gasteiger charge is 2.44. The van der Waals surface area contributed by atoms with Gasteiger partial charge in [-0.15, -0.1) is 0 Å². The van der Waals surface area contributed by atoms with E-state index in [0.29, 0.717) is 23.1 Å². The van der Waals surface area contributed by atoms with E-state index in [-0.39, 0.29) is 23.0 Å². The van der Waals surface area contributed by atoms with Crippen LogP contribution < -0.4 is 15.6 Å². The highest BCUT2D eigenvalue weighted by atomic mass is 16.5. The van der Waals surface area contributed by atoms with E-state index in [0.717, 1.165) is 17.7 Å². The first-order chi connectivity index (χ1) is 16.2. The topological polar surface area (TPSA) is 118 Å². The van der Waals surface area contributed by atoms with E-state index >= 15 is 0 Å². The van der Waals surface area contributed by atoms with Crippen LogP contribution in [0.5, 0.6) is 17.2 Å². The first-order valence-electron chi connectivity index (χ1n) is 10.7. The van der Waals surface area contributed by atoms with E-state index in [1.807, 2.05) is 0 Å². The van der Waals surface area contributed by atoms with Crippen molar-refractivity contribution in [2.45, 2.75) is 26.2 Å². The number of esters is 1. The third kappa shape index (κ3) is 4.45. The molecule has 3 aromatic rings. The molecule has 4 rings (SSSR count). The van der Waals surface area contributed by atoms with Crippen LogP contribution in [0.2, 0.25) is 0 Å². The molecule has 1 aliphatic carbocycles. The lowest BCUT2D eigenvalue weighted by atomic mass is 10.0. The molecule has 7 nitrogen and oxygen atoms in total. The quantitative estimate of drug-likeness (QED) is 0.443. The molecule has 0 aliphatic heterocycles. The first kappa shape index (κ1) is 22.9. The van der Waals surface area contributed by atoms with Crippen LogP contribution in [-0.2, 0) is 0 Å². The van der Waals surface area contributed by atoms with Crippen molar-refractivity contribution in [1.29, 1.82) is 0 Å². The number of rotatable bonds is 5. The zero-order valence-corrected chi connectivity index (χ0v) is 18.6. The average molecular weight is 458 g/mol. The van der Waals surface area contributed by atoms with E-state index in [1.54, 1.807) is 50.2 Å². The molecule has 0 aromatic heterocycles. The van der Waals surface area contributed by atoms with E-state index < -0.39 is 34.2 Å². The maximum Gasteiger partial charge on any atom is 0.343 e. The molecule has 0 radical (unpaired) electrons. The summed E-state index contributed by atoms with van der Waals surface area (Å²) >= 11 is 0. The van der Waals surface area contributed by atoms with Crippen molar-refractivity contribution in [3.63, 3.8) is 0 Å². The molecule has 0 heterocycles. The van der Waals surface area contributed by atoms with Gasteiger partial charge < -0.3 is 14.9 Å². The highest BCUT2D eigenvalue weighted by Crippen LogP contribution is 2.49. The molecule has 0 bridgehead atoms. The zero-order chi connectivity index (χ0) is 24.6. The van der Waals surface area contributed by atoms with E-state index in [1.165, 1.54) is 12.1 Å². The molecule has 1 fully saturated rings. The Labute approximate surface area is 194 Å². The number of aromatic hydroxyl groups is 2. The van der Waals surface area contributed by atoms with Crippen molar-refractivity contribution in [3.05, 3.63) is 109 Å². The van der Waals surface area contributed by atoms with Gasteiger partial charge in [0.05, 0.1) is 5.56 Å². The lowest BCUT2D eigenvalue weighted by Crippen LogP contribution is -2.14. The number of Topliss-reactive ketones (excluding diaryl/α,β-unsaturated/α-hetero) is 1. The first-order valence-corrected chi connectivity index (χ1v) is 10.7. The zero-order valence-electron chi connectivity index (χ0n) is 18.6. The highest BCUT2D eigenvalue weighted by molar-refractivity contribution is 6.01. The number of benzene rings is 1. The summed E-state index contributed by atoms with van der Waals surface area (Å²) in [5.74, 6) is -3.07. The summed E-state index contributed by atoms with van der Waals surface area (Å²) < 4.78 is 5.33. The molecule has 3 aromatic carbocycles. The fraction of sp³-hybridized carbons (Fsp3) is 0.185. The van der Waals surface area contributed by atoms with Gasteiger partial charge in [0.25, 0.3) is 5.43 Å². The molecular weight excluding hydrogens is 436 g/mol. The molecule has 172 valence electrons.